The summed E-state index contributed by atoms with van der Waals surface area (Å²) in [5.74, 6) is -0.688. The van der Waals surface area contributed by atoms with Crippen LogP contribution in [0.4, 0.5) is 0 Å². The van der Waals surface area contributed by atoms with Gasteiger partial charge in [-0.2, -0.15) is 0 Å². The molecule has 48 heavy (non-hydrogen) atoms. The van der Waals surface area contributed by atoms with E-state index in [2.05, 4.69) is 13.8 Å². The molecule has 0 amide bonds. The van der Waals surface area contributed by atoms with Crippen molar-refractivity contribution >= 4 is 19.4 Å². The van der Waals surface area contributed by atoms with Crippen LogP contribution in [0.5, 0.6) is 0 Å². The topological polar surface area (TPSA) is 89.9 Å². The molecule has 1 unspecified atom stereocenters. The van der Waals surface area contributed by atoms with Crippen molar-refractivity contribution in [2.45, 2.75) is 200 Å². The smallest absolute Gasteiger partial charge is 0.329 e. The second-order valence-corrected chi connectivity index (χ2v) is 17.0. The minimum Gasteiger partial charge on any atom is -0.329 e. The van der Waals surface area contributed by atoms with Crippen LogP contribution in [-0.2, 0) is 23.2 Å². The van der Waals surface area contributed by atoms with Gasteiger partial charge in [-0.3, -0.25) is 18.6 Å². The molecule has 0 rings (SSSR count). The Balaban J connectivity index is 4.42. The maximum atomic E-state index is 13.2. The van der Waals surface area contributed by atoms with Crippen molar-refractivity contribution in [2.24, 2.45) is 5.92 Å². The van der Waals surface area contributed by atoms with Crippen LogP contribution < -0.4 is 0 Å². The van der Waals surface area contributed by atoms with Gasteiger partial charge in [0, 0.05) is 25.2 Å². The summed E-state index contributed by atoms with van der Waals surface area (Å²) in [4.78, 5) is 36.3. The van der Waals surface area contributed by atoms with Gasteiger partial charge in [-0.05, 0) is 12.8 Å². The number of phosphoric ester groups is 1. The van der Waals surface area contributed by atoms with Crippen LogP contribution >= 0.6 is 7.82 Å². The lowest BCUT2D eigenvalue weighted by Gasteiger charge is -2.24. The zero-order chi connectivity index (χ0) is 35.8. The van der Waals surface area contributed by atoms with Crippen molar-refractivity contribution in [3.05, 3.63) is 0 Å². The molecule has 0 aliphatic carbocycles. The average Bonchev–Trinajstić information content (AvgIpc) is 3.02. The zero-order valence-corrected chi connectivity index (χ0v) is 33.5. The fraction of sp³-hybridized carbons (Fsp3) is 0.950. The zero-order valence-electron chi connectivity index (χ0n) is 32.6. The second-order valence-electron chi connectivity index (χ2n) is 15.5. The van der Waals surface area contributed by atoms with Crippen molar-refractivity contribution in [2.75, 3.05) is 40.9 Å². The molecular formula is C40H81NO6P+. The van der Waals surface area contributed by atoms with E-state index in [1.165, 1.54) is 128 Å². The van der Waals surface area contributed by atoms with E-state index >= 15 is 0 Å². The molecule has 0 aliphatic rings. The van der Waals surface area contributed by atoms with E-state index in [4.69, 9.17) is 9.05 Å². The Bertz CT molecular complexity index is 799. The van der Waals surface area contributed by atoms with Gasteiger partial charge in [0.1, 0.15) is 24.7 Å². The molecule has 0 saturated carbocycles. The summed E-state index contributed by atoms with van der Waals surface area (Å²) in [5, 5.41) is 0. The number of carbonyl (C=O) groups excluding carboxylic acids is 2. The Hall–Kier alpha value is -0.590. The van der Waals surface area contributed by atoms with Crippen LogP contribution in [0.1, 0.15) is 200 Å². The average molecular weight is 703 g/mol. The SMILES string of the molecule is CCCCCCCCCCCCCCCC(=O)C[C@H](COP(=O)(O)OCC[N+](C)(C)C)C(=O)CCCCCCCCCCCCCCC. The second kappa shape index (κ2) is 32.3. The van der Waals surface area contributed by atoms with Crippen molar-refractivity contribution in [3.8, 4) is 0 Å². The van der Waals surface area contributed by atoms with E-state index < -0.39 is 13.7 Å². The Kier molecular flexibility index (Phi) is 31.9. The lowest BCUT2D eigenvalue weighted by Crippen LogP contribution is -2.37. The molecule has 0 heterocycles. The van der Waals surface area contributed by atoms with Gasteiger partial charge in [-0.1, -0.05) is 168 Å². The van der Waals surface area contributed by atoms with Crippen LogP contribution in [0.15, 0.2) is 0 Å². The summed E-state index contributed by atoms with van der Waals surface area (Å²) in [6, 6.07) is 0. The van der Waals surface area contributed by atoms with E-state index in [1.807, 2.05) is 21.1 Å². The van der Waals surface area contributed by atoms with Crippen LogP contribution in [0.25, 0.3) is 0 Å². The van der Waals surface area contributed by atoms with E-state index in [0.29, 0.717) is 23.9 Å². The fourth-order valence-corrected chi connectivity index (χ4v) is 6.91. The Morgan fingerprint density at radius 1 is 0.562 bits per heavy atom. The molecule has 0 spiro atoms. The third-order valence-electron chi connectivity index (χ3n) is 9.47. The number of carbonyl (C=O) groups is 2. The number of likely N-dealkylation sites (N-methyl/N-ethyl adjacent to an activating group) is 1. The van der Waals surface area contributed by atoms with Crippen molar-refractivity contribution in [1.82, 2.24) is 0 Å². The molecule has 0 aromatic rings. The van der Waals surface area contributed by atoms with Crippen LogP contribution in [-0.4, -0.2) is 61.8 Å². The van der Waals surface area contributed by atoms with Gasteiger partial charge in [0.05, 0.1) is 27.7 Å². The van der Waals surface area contributed by atoms with E-state index in [9.17, 15) is 19.0 Å². The van der Waals surface area contributed by atoms with Crippen molar-refractivity contribution < 1.29 is 32.6 Å². The van der Waals surface area contributed by atoms with E-state index in [0.717, 1.165) is 38.5 Å². The van der Waals surface area contributed by atoms with Crippen LogP contribution in [0.2, 0.25) is 0 Å². The monoisotopic (exact) mass is 703 g/mol. The predicted molar refractivity (Wildman–Crippen MR) is 203 cm³/mol. The highest BCUT2D eigenvalue weighted by atomic mass is 31.2. The predicted octanol–water partition coefficient (Wildman–Crippen LogP) is 11.9. The summed E-state index contributed by atoms with van der Waals surface area (Å²) in [6.45, 7) is 4.89. The van der Waals surface area contributed by atoms with Gasteiger partial charge in [0.15, 0.2) is 0 Å². The Labute approximate surface area is 298 Å². The molecule has 0 aromatic heterocycles. The maximum Gasteiger partial charge on any atom is 0.472 e. The first-order chi connectivity index (χ1) is 23.0. The Morgan fingerprint density at radius 2 is 0.917 bits per heavy atom. The molecule has 7 nitrogen and oxygen atoms in total. The van der Waals surface area contributed by atoms with E-state index in [1.54, 1.807) is 0 Å². The van der Waals surface area contributed by atoms with Crippen LogP contribution in [0, 0.1) is 5.92 Å². The van der Waals surface area contributed by atoms with Gasteiger partial charge in [0.2, 0.25) is 0 Å². The first kappa shape index (κ1) is 47.4. The number of ketones is 2. The van der Waals surface area contributed by atoms with Gasteiger partial charge in [-0.25, -0.2) is 4.57 Å². The van der Waals surface area contributed by atoms with Gasteiger partial charge in [-0.15, -0.1) is 0 Å². The number of hydrogen-bond donors (Lipinski definition) is 1. The molecule has 0 fully saturated rings. The molecule has 0 saturated heterocycles. The van der Waals surface area contributed by atoms with Crippen LogP contribution in [0.3, 0.4) is 0 Å². The largest absolute Gasteiger partial charge is 0.472 e. The highest BCUT2D eigenvalue weighted by Gasteiger charge is 2.28. The number of phosphoric acid groups is 1. The minimum atomic E-state index is -4.30. The summed E-state index contributed by atoms with van der Waals surface area (Å²) >= 11 is 0. The number of unbranched alkanes of at least 4 members (excludes halogenated alkanes) is 24. The molecule has 0 aromatic carbocycles. The molecule has 1 N–H and O–H groups in total. The normalized spacial score (nSPS) is 13.9. The lowest BCUT2D eigenvalue weighted by molar-refractivity contribution is -0.870. The Morgan fingerprint density at radius 3 is 1.29 bits per heavy atom. The summed E-state index contributed by atoms with van der Waals surface area (Å²) < 4.78 is 23.5. The number of nitrogens with zero attached hydrogens (tertiary/aromatic N) is 1. The van der Waals surface area contributed by atoms with Crippen molar-refractivity contribution in [1.29, 1.82) is 0 Å². The number of quaternary nitrogens is 1. The first-order valence-corrected chi connectivity index (χ1v) is 22.0. The van der Waals surface area contributed by atoms with Gasteiger partial charge < -0.3 is 9.38 Å². The molecule has 286 valence electrons. The first-order valence-electron chi connectivity index (χ1n) is 20.5. The highest BCUT2D eigenvalue weighted by molar-refractivity contribution is 7.47. The summed E-state index contributed by atoms with van der Waals surface area (Å²) in [6.07, 6.45) is 33.3. The third-order valence-corrected chi connectivity index (χ3v) is 10.5. The standard InChI is InChI=1S/C40H80NO6P/c1-6-8-10-12-14-16-18-20-22-24-26-28-30-32-39(42)36-38(37-47-48(44,45)46-35-34-41(3,4)5)40(43)33-31-29-27-25-23-21-19-17-15-13-11-9-7-2/h38H,6-37H2,1-5H3/p+1/t38-/m1/s1. The lowest BCUT2D eigenvalue weighted by atomic mass is 9.92. The molecule has 0 aliphatic heterocycles. The van der Waals surface area contributed by atoms with Gasteiger partial charge >= 0.3 is 7.82 Å². The number of hydrogen-bond acceptors (Lipinski definition) is 5. The maximum absolute atomic E-state index is 13.2. The van der Waals surface area contributed by atoms with Gasteiger partial charge in [0.25, 0.3) is 0 Å². The molecule has 0 radical (unpaired) electrons. The fourth-order valence-electron chi connectivity index (χ4n) is 6.16. The number of rotatable bonds is 38. The number of Topliss-reactive ketones (excluding diaryl/α,β-unsaturated/α-hetero) is 2. The molecule has 0 bridgehead atoms. The van der Waals surface area contributed by atoms with E-state index in [-0.39, 0.29) is 31.2 Å². The summed E-state index contributed by atoms with van der Waals surface area (Å²) in [5.41, 5.74) is 0. The summed E-state index contributed by atoms with van der Waals surface area (Å²) in [7, 11) is 1.62. The molecular weight excluding hydrogens is 621 g/mol. The third kappa shape index (κ3) is 33.9. The molecule has 8 heteroatoms. The highest BCUT2D eigenvalue weighted by Crippen LogP contribution is 2.43. The quantitative estimate of drug-likeness (QED) is 0.0391. The molecule has 2 atom stereocenters. The minimum absolute atomic E-state index is 0.0388. The van der Waals surface area contributed by atoms with Crippen molar-refractivity contribution in [3.63, 3.8) is 0 Å².